The van der Waals surface area contributed by atoms with Crippen LogP contribution in [0.25, 0.3) is 0 Å². The number of hydrogen-bond acceptors (Lipinski definition) is 4. The molecule has 7 heteroatoms. The number of nitrogens with one attached hydrogen (secondary N) is 2. The first kappa shape index (κ1) is 14.0. The molecule has 1 aliphatic heterocycles. The van der Waals surface area contributed by atoms with Crippen LogP contribution in [0.2, 0.25) is 5.02 Å². The smallest absolute Gasteiger partial charge is 0.323 e. The zero-order chi connectivity index (χ0) is 15.0. The van der Waals surface area contributed by atoms with Crippen molar-refractivity contribution >= 4 is 17.6 Å². The van der Waals surface area contributed by atoms with Crippen molar-refractivity contribution in [1.82, 2.24) is 15.3 Å². The van der Waals surface area contributed by atoms with E-state index < -0.39 is 23.9 Å². The van der Waals surface area contributed by atoms with Gasteiger partial charge >= 0.3 is 5.97 Å². The van der Waals surface area contributed by atoms with Gasteiger partial charge in [-0.05, 0) is 6.07 Å². The maximum Gasteiger partial charge on any atom is 0.323 e. The highest BCUT2D eigenvalue weighted by Gasteiger charge is 2.35. The molecule has 0 bridgehead atoms. The van der Waals surface area contributed by atoms with E-state index in [9.17, 15) is 9.18 Å². The van der Waals surface area contributed by atoms with Crippen LogP contribution in [0.5, 0.6) is 0 Å². The molecule has 1 aliphatic rings. The lowest BCUT2D eigenvalue weighted by Crippen LogP contribution is -2.46. The van der Waals surface area contributed by atoms with Crippen LogP contribution in [-0.2, 0) is 16.0 Å². The Morgan fingerprint density at radius 3 is 3.10 bits per heavy atom. The lowest BCUT2D eigenvalue weighted by molar-refractivity contribution is -0.143. The maximum atomic E-state index is 14.3. The Labute approximate surface area is 125 Å². The molecule has 0 radical (unpaired) electrons. The standard InChI is InChI=1S/C14H13ClFN3O2/c1-21-14(20)10-5-9-13(18-6-17-9)12(19-10)7-3-2-4-8(15)11(7)16/h2-4,6,10,12,19H,5H2,1H3,(H,17,18)/t10-,12+/m1/s1. The van der Waals surface area contributed by atoms with E-state index in [1.54, 1.807) is 12.1 Å². The molecule has 21 heavy (non-hydrogen) atoms. The number of methoxy groups -OCH3 is 1. The molecule has 5 nitrogen and oxygen atoms in total. The van der Waals surface area contributed by atoms with Crippen LogP contribution in [0.15, 0.2) is 24.5 Å². The predicted octanol–water partition coefficient (Wildman–Crippen LogP) is 1.98. The summed E-state index contributed by atoms with van der Waals surface area (Å²) in [5.41, 5.74) is 1.80. The zero-order valence-electron chi connectivity index (χ0n) is 11.2. The Morgan fingerprint density at radius 2 is 2.33 bits per heavy atom. The van der Waals surface area contributed by atoms with Crippen LogP contribution >= 0.6 is 11.6 Å². The quantitative estimate of drug-likeness (QED) is 0.833. The van der Waals surface area contributed by atoms with E-state index in [1.165, 1.54) is 19.5 Å². The molecule has 0 spiro atoms. The average molecular weight is 310 g/mol. The van der Waals surface area contributed by atoms with Crippen molar-refractivity contribution in [1.29, 1.82) is 0 Å². The monoisotopic (exact) mass is 309 g/mol. The van der Waals surface area contributed by atoms with Gasteiger partial charge in [-0.2, -0.15) is 0 Å². The van der Waals surface area contributed by atoms with Crippen LogP contribution in [0.1, 0.15) is 23.0 Å². The van der Waals surface area contributed by atoms with Gasteiger partial charge in [-0.25, -0.2) is 9.37 Å². The van der Waals surface area contributed by atoms with Crippen molar-refractivity contribution in [2.45, 2.75) is 18.5 Å². The van der Waals surface area contributed by atoms with Gasteiger partial charge in [0.1, 0.15) is 11.9 Å². The van der Waals surface area contributed by atoms with E-state index in [0.29, 0.717) is 17.7 Å². The normalized spacial score (nSPS) is 20.9. The maximum absolute atomic E-state index is 14.3. The van der Waals surface area contributed by atoms with Gasteiger partial charge in [0.25, 0.3) is 0 Å². The van der Waals surface area contributed by atoms with Crippen LogP contribution in [0, 0.1) is 5.82 Å². The number of ether oxygens (including phenoxy) is 1. The fourth-order valence-electron chi connectivity index (χ4n) is 2.56. The summed E-state index contributed by atoms with van der Waals surface area (Å²) in [6, 6.07) is 3.65. The molecular weight excluding hydrogens is 297 g/mol. The fourth-order valence-corrected chi connectivity index (χ4v) is 2.74. The lowest BCUT2D eigenvalue weighted by Gasteiger charge is -2.29. The molecule has 2 aromatic rings. The molecule has 2 heterocycles. The molecule has 2 N–H and O–H groups in total. The van der Waals surface area contributed by atoms with E-state index >= 15 is 0 Å². The highest BCUT2D eigenvalue weighted by atomic mass is 35.5. The Bertz CT molecular complexity index is 689. The minimum Gasteiger partial charge on any atom is -0.468 e. The molecule has 1 aromatic carbocycles. The van der Waals surface area contributed by atoms with Crippen molar-refractivity contribution in [2.75, 3.05) is 7.11 Å². The first-order valence-corrected chi connectivity index (χ1v) is 6.79. The van der Waals surface area contributed by atoms with Crippen molar-refractivity contribution < 1.29 is 13.9 Å². The summed E-state index contributed by atoms with van der Waals surface area (Å²) in [5, 5.41) is 3.11. The number of fused-ring (bicyclic) bond motifs is 1. The van der Waals surface area contributed by atoms with Gasteiger partial charge in [0, 0.05) is 17.7 Å². The summed E-state index contributed by atoms with van der Waals surface area (Å²) in [7, 11) is 1.32. The second kappa shape index (κ2) is 5.46. The average Bonchev–Trinajstić information content (AvgIpc) is 2.96. The van der Waals surface area contributed by atoms with Gasteiger partial charge in [-0.3, -0.25) is 10.1 Å². The number of halogens is 2. The SMILES string of the molecule is COC(=O)[C@H]1Cc2[nH]cnc2[C@H](c2cccc(Cl)c2F)N1. The summed E-state index contributed by atoms with van der Waals surface area (Å²) in [6.45, 7) is 0. The highest BCUT2D eigenvalue weighted by Crippen LogP contribution is 2.32. The molecule has 0 amide bonds. The van der Waals surface area contributed by atoms with E-state index in [-0.39, 0.29) is 5.02 Å². The topological polar surface area (TPSA) is 67.0 Å². The Morgan fingerprint density at radius 1 is 1.52 bits per heavy atom. The fraction of sp³-hybridized carbons (Fsp3) is 0.286. The van der Waals surface area contributed by atoms with Crippen LogP contribution in [-0.4, -0.2) is 29.1 Å². The lowest BCUT2D eigenvalue weighted by atomic mass is 9.93. The summed E-state index contributed by atoms with van der Waals surface area (Å²) in [6.07, 6.45) is 1.95. The number of nitrogens with zero attached hydrogens (tertiary/aromatic N) is 1. The molecule has 110 valence electrons. The van der Waals surface area contributed by atoms with Crippen molar-refractivity contribution in [3.05, 3.63) is 52.3 Å². The van der Waals surface area contributed by atoms with Crippen molar-refractivity contribution in [3.63, 3.8) is 0 Å². The summed E-state index contributed by atoms with van der Waals surface area (Å²) >= 11 is 5.84. The molecule has 1 aromatic heterocycles. The third-order valence-corrected chi connectivity index (χ3v) is 3.87. The van der Waals surface area contributed by atoms with Crippen molar-refractivity contribution in [2.24, 2.45) is 0 Å². The number of aromatic amines is 1. The summed E-state index contributed by atoms with van der Waals surface area (Å²) in [4.78, 5) is 19.0. The number of aromatic nitrogens is 2. The first-order valence-electron chi connectivity index (χ1n) is 6.41. The summed E-state index contributed by atoms with van der Waals surface area (Å²) < 4.78 is 19.0. The van der Waals surface area contributed by atoms with Gasteiger partial charge in [0.15, 0.2) is 0 Å². The first-order chi connectivity index (χ1) is 10.1. The molecule has 0 saturated carbocycles. The number of carbonyl (C=O) groups excluding carboxylic acids is 1. The van der Waals surface area contributed by atoms with Crippen LogP contribution in [0.3, 0.4) is 0 Å². The minimum atomic E-state index is -0.564. The van der Waals surface area contributed by atoms with E-state index in [2.05, 4.69) is 15.3 Å². The summed E-state index contributed by atoms with van der Waals surface area (Å²) in [5.74, 6) is -0.918. The highest BCUT2D eigenvalue weighted by molar-refractivity contribution is 6.30. The third kappa shape index (κ3) is 2.41. The molecule has 0 fully saturated rings. The van der Waals surface area contributed by atoms with Gasteiger partial charge in [0.2, 0.25) is 0 Å². The number of H-pyrrole nitrogens is 1. The largest absolute Gasteiger partial charge is 0.468 e. The second-order valence-corrected chi connectivity index (χ2v) is 5.20. The molecule has 3 rings (SSSR count). The molecule has 0 aliphatic carbocycles. The number of hydrogen-bond donors (Lipinski definition) is 2. The number of rotatable bonds is 2. The van der Waals surface area contributed by atoms with Gasteiger partial charge in [-0.15, -0.1) is 0 Å². The molecular formula is C14H13ClFN3O2. The third-order valence-electron chi connectivity index (χ3n) is 3.58. The van der Waals surface area contributed by atoms with E-state index in [0.717, 1.165) is 5.69 Å². The van der Waals surface area contributed by atoms with E-state index in [1.807, 2.05) is 0 Å². The Balaban J connectivity index is 2.05. The predicted molar refractivity (Wildman–Crippen MR) is 74.5 cm³/mol. The molecule has 0 unspecified atom stereocenters. The van der Waals surface area contributed by atoms with Crippen molar-refractivity contribution in [3.8, 4) is 0 Å². The molecule has 2 atom stereocenters. The zero-order valence-corrected chi connectivity index (χ0v) is 11.9. The number of benzene rings is 1. The van der Waals surface area contributed by atoms with E-state index in [4.69, 9.17) is 16.3 Å². The van der Waals surface area contributed by atoms with Gasteiger partial charge in [0.05, 0.1) is 30.2 Å². The minimum absolute atomic E-state index is 0.0339. The Kier molecular flexibility index (Phi) is 3.65. The van der Waals surface area contributed by atoms with Gasteiger partial charge in [-0.1, -0.05) is 23.7 Å². The van der Waals surface area contributed by atoms with Gasteiger partial charge < -0.3 is 9.72 Å². The number of carbonyl (C=O) groups is 1. The second-order valence-electron chi connectivity index (χ2n) is 4.79. The Hall–Kier alpha value is -1.92. The number of esters is 1. The molecule has 0 saturated heterocycles. The van der Waals surface area contributed by atoms with Crippen LogP contribution < -0.4 is 5.32 Å². The van der Waals surface area contributed by atoms with Crippen LogP contribution in [0.4, 0.5) is 4.39 Å². The number of imidazole rings is 1.